The monoisotopic (exact) mass is 318 g/mol. The van der Waals surface area contributed by atoms with Gasteiger partial charge in [0.2, 0.25) is 0 Å². The first kappa shape index (κ1) is 18.3. The van der Waals surface area contributed by atoms with Crippen molar-refractivity contribution in [1.29, 1.82) is 0 Å². The number of halogens is 3. The standard InChI is InChI=1S/C16H21F3O3/c1-4-15(2,3)13-9-5-7-12(11-13)8-6-10-21-14(20)22-16(17,18)19/h5,7,9,11H,4,6,8,10H2,1-3H3. The third kappa shape index (κ3) is 6.37. The lowest BCUT2D eigenvalue weighted by molar-refractivity contribution is -0.299. The molecule has 0 atom stereocenters. The van der Waals surface area contributed by atoms with Gasteiger partial charge in [0.15, 0.2) is 0 Å². The van der Waals surface area contributed by atoms with Crippen LogP contribution in [0, 0.1) is 0 Å². The minimum absolute atomic E-state index is 0.0724. The Bertz CT molecular complexity index is 496. The highest BCUT2D eigenvalue weighted by molar-refractivity contribution is 5.59. The molecule has 0 aliphatic rings. The van der Waals surface area contributed by atoms with Crippen molar-refractivity contribution >= 4 is 6.16 Å². The third-order valence-electron chi connectivity index (χ3n) is 3.62. The molecule has 0 spiro atoms. The molecule has 22 heavy (non-hydrogen) atoms. The summed E-state index contributed by atoms with van der Waals surface area (Å²) < 4.78 is 42.7. The summed E-state index contributed by atoms with van der Waals surface area (Å²) in [6.07, 6.45) is -4.66. The molecule has 0 bridgehead atoms. The molecule has 1 rings (SSSR count). The molecule has 0 amide bonds. The fourth-order valence-corrected chi connectivity index (χ4v) is 1.91. The Balaban J connectivity index is 2.43. The summed E-state index contributed by atoms with van der Waals surface area (Å²) in [4.78, 5) is 10.7. The second-order valence-electron chi connectivity index (χ2n) is 5.69. The largest absolute Gasteiger partial charge is 0.577 e. The Kier molecular flexibility index (Phi) is 6.26. The minimum Gasteiger partial charge on any atom is -0.434 e. The molecule has 0 saturated carbocycles. The van der Waals surface area contributed by atoms with E-state index in [1.807, 2.05) is 12.1 Å². The van der Waals surface area contributed by atoms with Crippen LogP contribution in [0.1, 0.15) is 44.7 Å². The van der Waals surface area contributed by atoms with Gasteiger partial charge in [-0.3, -0.25) is 0 Å². The van der Waals surface area contributed by atoms with Crippen LogP contribution in [-0.2, 0) is 21.3 Å². The van der Waals surface area contributed by atoms with E-state index >= 15 is 0 Å². The molecule has 0 unspecified atom stereocenters. The van der Waals surface area contributed by atoms with Crippen molar-refractivity contribution in [3.8, 4) is 0 Å². The van der Waals surface area contributed by atoms with Gasteiger partial charge in [-0.1, -0.05) is 45.0 Å². The van der Waals surface area contributed by atoms with Crippen LogP contribution in [0.15, 0.2) is 24.3 Å². The van der Waals surface area contributed by atoms with Crippen LogP contribution < -0.4 is 0 Å². The third-order valence-corrected chi connectivity index (χ3v) is 3.62. The number of ether oxygens (including phenoxy) is 2. The zero-order valence-electron chi connectivity index (χ0n) is 13.0. The summed E-state index contributed by atoms with van der Waals surface area (Å²) in [7, 11) is 0. The van der Waals surface area contributed by atoms with Crippen LogP contribution in [0.3, 0.4) is 0 Å². The zero-order valence-corrected chi connectivity index (χ0v) is 13.0. The molecule has 0 saturated heterocycles. The lowest BCUT2D eigenvalue weighted by Gasteiger charge is -2.23. The van der Waals surface area contributed by atoms with Crippen molar-refractivity contribution in [2.75, 3.05) is 6.61 Å². The number of rotatable bonds is 6. The molecule has 0 heterocycles. The van der Waals surface area contributed by atoms with Gasteiger partial charge >= 0.3 is 12.5 Å². The Morgan fingerprint density at radius 3 is 2.50 bits per heavy atom. The Labute approximate surface area is 128 Å². The SMILES string of the molecule is CCC(C)(C)c1cccc(CCCOC(=O)OC(F)(F)F)c1. The quantitative estimate of drug-likeness (QED) is 0.548. The fourth-order valence-electron chi connectivity index (χ4n) is 1.91. The molecule has 1 aromatic carbocycles. The molecule has 0 N–H and O–H groups in total. The van der Waals surface area contributed by atoms with E-state index in [1.54, 1.807) is 0 Å². The maximum Gasteiger partial charge on any atom is 0.577 e. The van der Waals surface area contributed by atoms with Gasteiger partial charge in [0.1, 0.15) is 0 Å². The molecule has 3 nitrogen and oxygen atoms in total. The van der Waals surface area contributed by atoms with Crippen LogP contribution in [0.2, 0.25) is 0 Å². The first-order chi connectivity index (χ1) is 10.1. The number of alkyl halides is 3. The first-order valence-electron chi connectivity index (χ1n) is 7.16. The number of hydrogen-bond acceptors (Lipinski definition) is 3. The number of benzene rings is 1. The van der Waals surface area contributed by atoms with E-state index in [0.717, 1.165) is 12.0 Å². The molecule has 0 aromatic heterocycles. The number of carbonyl (C=O) groups is 1. The number of hydrogen-bond donors (Lipinski definition) is 0. The van der Waals surface area contributed by atoms with Gasteiger partial charge in [-0.05, 0) is 35.8 Å². The zero-order chi connectivity index (χ0) is 16.8. The number of aryl methyl sites for hydroxylation is 1. The van der Waals surface area contributed by atoms with Crippen LogP contribution in [0.5, 0.6) is 0 Å². The van der Waals surface area contributed by atoms with Crippen LogP contribution in [-0.4, -0.2) is 19.1 Å². The highest BCUT2D eigenvalue weighted by atomic mass is 19.4. The molecular weight excluding hydrogens is 297 g/mol. The van der Waals surface area contributed by atoms with E-state index in [9.17, 15) is 18.0 Å². The topological polar surface area (TPSA) is 35.5 Å². The van der Waals surface area contributed by atoms with Gasteiger partial charge in [-0.25, -0.2) is 4.79 Å². The fraction of sp³-hybridized carbons (Fsp3) is 0.562. The van der Waals surface area contributed by atoms with Crippen LogP contribution >= 0.6 is 0 Å². The second kappa shape index (κ2) is 7.51. The summed E-state index contributed by atoms with van der Waals surface area (Å²) in [5, 5.41) is 0. The van der Waals surface area contributed by atoms with Crippen molar-refractivity contribution in [3.63, 3.8) is 0 Å². The summed E-state index contributed by atoms with van der Waals surface area (Å²) in [5.41, 5.74) is 2.35. The highest BCUT2D eigenvalue weighted by Gasteiger charge is 2.34. The van der Waals surface area contributed by atoms with Gasteiger partial charge in [0.05, 0.1) is 6.61 Å². The average molecular weight is 318 g/mol. The van der Waals surface area contributed by atoms with E-state index in [1.165, 1.54) is 5.56 Å². The van der Waals surface area contributed by atoms with E-state index in [0.29, 0.717) is 12.8 Å². The van der Waals surface area contributed by atoms with Crippen molar-refractivity contribution in [2.45, 2.75) is 51.8 Å². The lowest BCUT2D eigenvalue weighted by atomic mass is 9.81. The normalized spacial score (nSPS) is 12.1. The first-order valence-corrected chi connectivity index (χ1v) is 7.16. The van der Waals surface area contributed by atoms with E-state index in [4.69, 9.17) is 0 Å². The maximum absolute atomic E-state index is 11.7. The van der Waals surface area contributed by atoms with E-state index < -0.39 is 12.5 Å². The molecule has 0 aliphatic heterocycles. The van der Waals surface area contributed by atoms with Crippen molar-refractivity contribution in [2.24, 2.45) is 0 Å². The molecular formula is C16H21F3O3. The van der Waals surface area contributed by atoms with Crippen LogP contribution in [0.4, 0.5) is 18.0 Å². The molecule has 124 valence electrons. The predicted molar refractivity (Wildman–Crippen MR) is 76.6 cm³/mol. The lowest BCUT2D eigenvalue weighted by Crippen LogP contribution is -2.20. The summed E-state index contributed by atoms with van der Waals surface area (Å²) >= 11 is 0. The second-order valence-corrected chi connectivity index (χ2v) is 5.69. The Morgan fingerprint density at radius 1 is 1.23 bits per heavy atom. The van der Waals surface area contributed by atoms with E-state index in [2.05, 4.69) is 42.4 Å². The predicted octanol–water partition coefficient (Wildman–Crippen LogP) is 4.98. The summed E-state index contributed by atoms with van der Waals surface area (Å²) in [6, 6.07) is 8.05. The molecule has 1 aromatic rings. The molecule has 6 heteroatoms. The Morgan fingerprint density at radius 2 is 1.91 bits per heavy atom. The van der Waals surface area contributed by atoms with Gasteiger partial charge in [0.25, 0.3) is 0 Å². The van der Waals surface area contributed by atoms with Gasteiger partial charge < -0.3 is 9.47 Å². The molecule has 0 fully saturated rings. The van der Waals surface area contributed by atoms with Crippen LogP contribution in [0.25, 0.3) is 0 Å². The smallest absolute Gasteiger partial charge is 0.434 e. The summed E-state index contributed by atoms with van der Waals surface area (Å²) in [6.45, 7) is 6.31. The van der Waals surface area contributed by atoms with Crippen molar-refractivity contribution in [1.82, 2.24) is 0 Å². The minimum atomic E-state index is -5.00. The van der Waals surface area contributed by atoms with Gasteiger partial charge in [0, 0.05) is 0 Å². The van der Waals surface area contributed by atoms with Crippen molar-refractivity contribution < 1.29 is 27.4 Å². The van der Waals surface area contributed by atoms with Crippen molar-refractivity contribution in [3.05, 3.63) is 35.4 Å². The molecule has 0 radical (unpaired) electrons. The molecule has 0 aliphatic carbocycles. The van der Waals surface area contributed by atoms with E-state index in [-0.39, 0.29) is 12.0 Å². The van der Waals surface area contributed by atoms with Gasteiger partial charge in [-0.15, -0.1) is 13.2 Å². The maximum atomic E-state index is 11.7. The Hall–Kier alpha value is -1.72. The average Bonchev–Trinajstić information content (AvgIpc) is 2.42. The number of carbonyl (C=O) groups excluding carboxylic acids is 1. The van der Waals surface area contributed by atoms with Gasteiger partial charge in [-0.2, -0.15) is 0 Å². The highest BCUT2D eigenvalue weighted by Crippen LogP contribution is 2.27. The summed E-state index contributed by atoms with van der Waals surface area (Å²) in [5.74, 6) is 0.